The average Bonchev–Trinajstić information content (AvgIpc) is 3.52. The van der Waals surface area contributed by atoms with Crippen LogP contribution in [0.5, 0.6) is 0 Å². The molecular formula is C26H22F2N4O. The summed E-state index contributed by atoms with van der Waals surface area (Å²) in [5, 5.41) is 0. The van der Waals surface area contributed by atoms with Crippen LogP contribution in [-0.4, -0.2) is 22.7 Å². The van der Waals surface area contributed by atoms with Crippen LogP contribution >= 0.6 is 0 Å². The highest BCUT2D eigenvalue weighted by Gasteiger charge is 2.24. The van der Waals surface area contributed by atoms with Crippen molar-refractivity contribution in [2.75, 3.05) is 11.9 Å². The lowest BCUT2D eigenvalue weighted by Gasteiger charge is -2.15. The van der Waals surface area contributed by atoms with E-state index in [0.717, 1.165) is 28.9 Å². The molecule has 0 radical (unpaired) electrons. The van der Waals surface area contributed by atoms with Crippen molar-refractivity contribution < 1.29 is 13.2 Å². The van der Waals surface area contributed by atoms with Crippen LogP contribution in [0.3, 0.4) is 0 Å². The predicted octanol–water partition coefficient (Wildman–Crippen LogP) is 5.98. The lowest BCUT2D eigenvalue weighted by molar-refractivity contribution is 0.506. The van der Waals surface area contributed by atoms with Crippen molar-refractivity contribution in [2.24, 2.45) is 4.99 Å². The number of benzene rings is 2. The average molecular weight is 444 g/mol. The maximum atomic E-state index is 14.1. The predicted molar refractivity (Wildman–Crippen MR) is 123 cm³/mol. The second kappa shape index (κ2) is 8.94. The van der Waals surface area contributed by atoms with Gasteiger partial charge in [0.15, 0.2) is 0 Å². The van der Waals surface area contributed by atoms with Gasteiger partial charge in [-0.25, -0.2) is 18.7 Å². The number of halogens is 2. The zero-order valence-corrected chi connectivity index (χ0v) is 18.1. The standard InChI is InChI=1S/C26H22F2N4O/c1-32(16-20-4-3-13-33-20)26-29-14-19(15-30-26)17-7-9-18(10-8-17)23-11-12-24(31-23)25-21(27)5-2-6-22(25)28/h2-10,13-15,23H,11-12,16H2,1H3. The number of furan rings is 1. The summed E-state index contributed by atoms with van der Waals surface area (Å²) in [6.07, 6.45) is 6.51. The minimum atomic E-state index is -0.567. The molecule has 0 saturated carbocycles. The highest BCUT2D eigenvalue weighted by atomic mass is 19.1. The fourth-order valence-corrected chi connectivity index (χ4v) is 4.07. The van der Waals surface area contributed by atoms with Crippen molar-refractivity contribution in [3.8, 4) is 11.1 Å². The number of rotatable bonds is 6. The summed E-state index contributed by atoms with van der Waals surface area (Å²) in [5.41, 5.74) is 3.39. The molecule has 1 unspecified atom stereocenters. The number of aromatic nitrogens is 2. The van der Waals surface area contributed by atoms with E-state index < -0.39 is 11.6 Å². The Morgan fingerprint density at radius 2 is 1.67 bits per heavy atom. The normalized spacial score (nSPS) is 15.5. The van der Waals surface area contributed by atoms with E-state index in [2.05, 4.69) is 15.0 Å². The number of aliphatic imine (C=N–C) groups is 1. The van der Waals surface area contributed by atoms with Gasteiger partial charge < -0.3 is 9.32 Å². The molecule has 0 spiro atoms. The van der Waals surface area contributed by atoms with Crippen molar-refractivity contribution in [2.45, 2.75) is 25.4 Å². The van der Waals surface area contributed by atoms with Crippen LogP contribution in [0, 0.1) is 11.6 Å². The Morgan fingerprint density at radius 1 is 0.939 bits per heavy atom. The van der Waals surface area contributed by atoms with Crippen molar-refractivity contribution in [3.63, 3.8) is 0 Å². The Kier molecular flexibility index (Phi) is 5.69. The Labute approximate surface area is 190 Å². The summed E-state index contributed by atoms with van der Waals surface area (Å²) >= 11 is 0. The highest BCUT2D eigenvalue weighted by molar-refractivity contribution is 6.02. The summed E-state index contributed by atoms with van der Waals surface area (Å²) in [6, 6.07) is 15.6. The lowest BCUT2D eigenvalue weighted by atomic mass is 10.0. The van der Waals surface area contributed by atoms with Crippen molar-refractivity contribution >= 4 is 11.7 Å². The van der Waals surface area contributed by atoms with Gasteiger partial charge in [-0.2, -0.15) is 0 Å². The first-order valence-corrected chi connectivity index (χ1v) is 10.8. The first kappa shape index (κ1) is 21.0. The quantitative estimate of drug-likeness (QED) is 0.367. The summed E-state index contributed by atoms with van der Waals surface area (Å²) in [4.78, 5) is 15.5. The third-order valence-electron chi connectivity index (χ3n) is 5.80. The molecular weight excluding hydrogens is 422 g/mol. The summed E-state index contributed by atoms with van der Waals surface area (Å²) in [6.45, 7) is 0.585. The Hall–Kier alpha value is -3.87. The van der Waals surface area contributed by atoms with Gasteiger partial charge in [0.1, 0.15) is 17.4 Å². The molecule has 0 N–H and O–H groups in total. The number of nitrogens with zero attached hydrogens (tertiary/aromatic N) is 4. The Morgan fingerprint density at radius 3 is 2.33 bits per heavy atom. The molecule has 2 aromatic heterocycles. The lowest BCUT2D eigenvalue weighted by Crippen LogP contribution is -2.18. The molecule has 4 aromatic rings. The van der Waals surface area contributed by atoms with Gasteiger partial charge in [-0.1, -0.05) is 30.3 Å². The molecule has 0 aliphatic carbocycles. The fourth-order valence-electron chi connectivity index (χ4n) is 4.07. The topological polar surface area (TPSA) is 54.5 Å². The molecule has 3 heterocycles. The van der Waals surface area contributed by atoms with E-state index in [1.807, 2.05) is 48.3 Å². The number of hydrogen-bond acceptors (Lipinski definition) is 5. The molecule has 166 valence electrons. The second-order valence-corrected chi connectivity index (χ2v) is 8.06. The van der Waals surface area contributed by atoms with E-state index >= 15 is 0 Å². The van der Waals surface area contributed by atoms with Gasteiger partial charge in [0.2, 0.25) is 5.95 Å². The van der Waals surface area contributed by atoms with Crippen molar-refractivity contribution in [3.05, 3.63) is 102 Å². The van der Waals surface area contributed by atoms with Crippen LogP contribution in [0.1, 0.15) is 35.8 Å². The maximum absolute atomic E-state index is 14.1. The van der Waals surface area contributed by atoms with Gasteiger partial charge in [-0.15, -0.1) is 0 Å². The molecule has 5 nitrogen and oxygen atoms in total. The van der Waals surface area contributed by atoms with Crippen molar-refractivity contribution in [1.82, 2.24) is 9.97 Å². The molecule has 2 aromatic carbocycles. The van der Waals surface area contributed by atoms with Crippen LogP contribution < -0.4 is 4.90 Å². The van der Waals surface area contributed by atoms with Gasteiger partial charge in [-0.05, 0) is 48.2 Å². The van der Waals surface area contributed by atoms with Crippen LogP contribution in [0.15, 0.2) is 82.7 Å². The molecule has 1 aliphatic rings. The third-order valence-corrected chi connectivity index (χ3v) is 5.80. The Balaban J connectivity index is 1.29. The molecule has 1 atom stereocenters. The molecule has 33 heavy (non-hydrogen) atoms. The minimum absolute atomic E-state index is 0.00845. The second-order valence-electron chi connectivity index (χ2n) is 8.06. The first-order valence-electron chi connectivity index (χ1n) is 10.8. The van der Waals surface area contributed by atoms with E-state index in [-0.39, 0.29) is 11.6 Å². The summed E-state index contributed by atoms with van der Waals surface area (Å²) in [7, 11) is 1.91. The van der Waals surface area contributed by atoms with E-state index in [4.69, 9.17) is 4.42 Å². The molecule has 0 fully saturated rings. The molecule has 1 aliphatic heterocycles. The molecule has 7 heteroatoms. The summed E-state index contributed by atoms with van der Waals surface area (Å²) in [5.74, 6) is 0.321. The van der Waals surface area contributed by atoms with E-state index in [1.54, 1.807) is 18.7 Å². The van der Waals surface area contributed by atoms with Crippen LogP contribution in [0.4, 0.5) is 14.7 Å². The maximum Gasteiger partial charge on any atom is 0.225 e. The minimum Gasteiger partial charge on any atom is -0.467 e. The smallest absolute Gasteiger partial charge is 0.225 e. The third kappa shape index (κ3) is 4.39. The van der Waals surface area contributed by atoms with Crippen LogP contribution in [0.25, 0.3) is 11.1 Å². The van der Waals surface area contributed by atoms with Gasteiger partial charge in [0.25, 0.3) is 0 Å². The molecule has 0 saturated heterocycles. The highest BCUT2D eigenvalue weighted by Crippen LogP contribution is 2.33. The van der Waals surface area contributed by atoms with Gasteiger partial charge in [-0.3, -0.25) is 4.99 Å². The zero-order valence-electron chi connectivity index (χ0n) is 18.1. The van der Waals surface area contributed by atoms with Gasteiger partial charge >= 0.3 is 0 Å². The molecule has 5 rings (SSSR count). The largest absolute Gasteiger partial charge is 0.467 e. The fraction of sp³-hybridized carbons (Fsp3) is 0.192. The zero-order chi connectivity index (χ0) is 22.8. The van der Waals surface area contributed by atoms with Crippen molar-refractivity contribution in [1.29, 1.82) is 0 Å². The number of hydrogen-bond donors (Lipinski definition) is 0. The SMILES string of the molecule is CN(Cc1ccco1)c1ncc(-c2ccc(C3CCC(c4c(F)cccc4F)=N3)cc2)cn1. The summed E-state index contributed by atoms with van der Waals surface area (Å²) < 4.78 is 33.6. The monoisotopic (exact) mass is 444 g/mol. The van der Waals surface area contributed by atoms with E-state index in [0.29, 0.717) is 24.6 Å². The molecule has 0 bridgehead atoms. The number of anilines is 1. The van der Waals surface area contributed by atoms with Gasteiger partial charge in [0, 0.05) is 30.7 Å². The first-order chi connectivity index (χ1) is 16.1. The van der Waals surface area contributed by atoms with Gasteiger partial charge in [0.05, 0.1) is 24.4 Å². The Bertz CT molecular complexity index is 1250. The van der Waals surface area contributed by atoms with Crippen LogP contribution in [0.2, 0.25) is 0 Å². The molecule has 0 amide bonds. The van der Waals surface area contributed by atoms with E-state index in [9.17, 15) is 8.78 Å². The van der Waals surface area contributed by atoms with Crippen LogP contribution in [-0.2, 0) is 6.54 Å². The van der Waals surface area contributed by atoms with E-state index in [1.165, 1.54) is 18.2 Å².